The van der Waals surface area contributed by atoms with E-state index in [9.17, 15) is 18.0 Å². The fraction of sp³-hybridized carbons (Fsp3) is 0.300. The van der Waals surface area contributed by atoms with Crippen LogP contribution in [0.1, 0.15) is 15.9 Å². The van der Waals surface area contributed by atoms with E-state index < -0.39 is 18.1 Å². The molecule has 0 aliphatic carbocycles. The maximum atomic E-state index is 12.1. The standard InChI is InChI=1S/C10H7BrClF3O3/c1-17-9(16)5-2-3-7(18-10(13,14)15)6(4-11)8(5)12/h2-3H,4H2,1H3. The van der Waals surface area contributed by atoms with Crippen molar-refractivity contribution < 1.29 is 27.4 Å². The fourth-order valence-corrected chi connectivity index (χ4v) is 2.23. The Bertz CT molecular complexity index is 462. The van der Waals surface area contributed by atoms with Gasteiger partial charge in [0.05, 0.1) is 17.7 Å². The summed E-state index contributed by atoms with van der Waals surface area (Å²) in [5.41, 5.74) is 0.0000304. The number of benzene rings is 1. The number of alkyl halides is 4. The van der Waals surface area contributed by atoms with Gasteiger partial charge in [0.25, 0.3) is 0 Å². The van der Waals surface area contributed by atoms with Gasteiger partial charge in [0.2, 0.25) is 0 Å². The lowest BCUT2D eigenvalue weighted by atomic mass is 10.1. The van der Waals surface area contributed by atoms with E-state index in [1.54, 1.807) is 0 Å². The second kappa shape index (κ2) is 5.79. The van der Waals surface area contributed by atoms with Crippen molar-refractivity contribution in [3.05, 3.63) is 28.3 Å². The summed E-state index contributed by atoms with van der Waals surface area (Å²) in [5, 5.41) is -0.136. The average molecular weight is 348 g/mol. The summed E-state index contributed by atoms with van der Waals surface area (Å²) in [6, 6.07) is 2.13. The summed E-state index contributed by atoms with van der Waals surface area (Å²) in [7, 11) is 1.15. The molecule has 0 aromatic heterocycles. The Balaban J connectivity index is 3.25. The van der Waals surface area contributed by atoms with E-state index in [2.05, 4.69) is 25.4 Å². The van der Waals surface area contributed by atoms with Gasteiger partial charge in [-0.1, -0.05) is 27.5 Å². The van der Waals surface area contributed by atoms with Gasteiger partial charge < -0.3 is 9.47 Å². The minimum atomic E-state index is -4.83. The van der Waals surface area contributed by atoms with Crippen molar-refractivity contribution in [3.63, 3.8) is 0 Å². The van der Waals surface area contributed by atoms with E-state index >= 15 is 0 Å². The summed E-state index contributed by atoms with van der Waals surface area (Å²) in [4.78, 5) is 11.3. The zero-order valence-electron chi connectivity index (χ0n) is 8.98. The topological polar surface area (TPSA) is 35.5 Å². The molecule has 0 aliphatic heterocycles. The van der Waals surface area contributed by atoms with Crippen molar-refractivity contribution >= 4 is 33.5 Å². The van der Waals surface area contributed by atoms with Gasteiger partial charge in [-0.2, -0.15) is 0 Å². The highest BCUT2D eigenvalue weighted by Crippen LogP contribution is 2.35. The van der Waals surface area contributed by atoms with E-state index in [1.807, 2.05) is 0 Å². The average Bonchev–Trinajstić information content (AvgIpc) is 2.26. The van der Waals surface area contributed by atoms with Crippen molar-refractivity contribution in [2.75, 3.05) is 7.11 Å². The van der Waals surface area contributed by atoms with E-state index in [0.29, 0.717) is 0 Å². The zero-order valence-corrected chi connectivity index (χ0v) is 11.3. The van der Waals surface area contributed by atoms with Crippen LogP contribution in [0.25, 0.3) is 0 Å². The van der Waals surface area contributed by atoms with Gasteiger partial charge in [0.1, 0.15) is 5.75 Å². The molecular weight excluding hydrogens is 340 g/mol. The molecule has 0 unspecified atom stereocenters. The van der Waals surface area contributed by atoms with Gasteiger partial charge in [-0.15, -0.1) is 13.2 Å². The quantitative estimate of drug-likeness (QED) is 0.614. The molecule has 1 aromatic carbocycles. The predicted molar refractivity (Wildman–Crippen MR) is 62.1 cm³/mol. The number of hydrogen-bond donors (Lipinski definition) is 0. The van der Waals surface area contributed by atoms with Crippen molar-refractivity contribution in [1.82, 2.24) is 0 Å². The molecule has 0 fully saturated rings. The van der Waals surface area contributed by atoms with E-state index in [-0.39, 0.29) is 21.5 Å². The molecule has 1 aromatic rings. The number of hydrogen-bond acceptors (Lipinski definition) is 3. The van der Waals surface area contributed by atoms with Crippen LogP contribution in [0.2, 0.25) is 5.02 Å². The molecule has 0 saturated heterocycles. The number of ether oxygens (including phenoxy) is 2. The van der Waals surface area contributed by atoms with Crippen LogP contribution in [0.5, 0.6) is 5.75 Å². The Kier molecular flexibility index (Phi) is 4.86. The van der Waals surface area contributed by atoms with Gasteiger partial charge in [0, 0.05) is 10.9 Å². The van der Waals surface area contributed by atoms with Crippen molar-refractivity contribution in [3.8, 4) is 5.75 Å². The van der Waals surface area contributed by atoms with Crippen LogP contribution in [0.15, 0.2) is 12.1 Å². The molecule has 0 atom stereocenters. The summed E-state index contributed by atoms with van der Waals surface area (Å²) in [6.07, 6.45) is -4.83. The van der Waals surface area contributed by atoms with Crippen LogP contribution in [0.3, 0.4) is 0 Å². The van der Waals surface area contributed by atoms with Crippen LogP contribution >= 0.6 is 27.5 Å². The highest BCUT2D eigenvalue weighted by molar-refractivity contribution is 9.08. The normalized spacial score (nSPS) is 11.2. The Hall–Kier alpha value is -0.950. The zero-order chi connectivity index (χ0) is 13.9. The number of carbonyl (C=O) groups is 1. The SMILES string of the molecule is COC(=O)c1ccc(OC(F)(F)F)c(CBr)c1Cl. The number of halogens is 5. The number of methoxy groups -OCH3 is 1. The monoisotopic (exact) mass is 346 g/mol. The van der Waals surface area contributed by atoms with Gasteiger partial charge >= 0.3 is 12.3 Å². The van der Waals surface area contributed by atoms with Crippen LogP contribution in [0, 0.1) is 0 Å². The second-order valence-corrected chi connectivity index (χ2v) is 4.02. The molecule has 0 aliphatic rings. The molecule has 8 heteroatoms. The first-order valence-corrected chi connectivity index (χ1v) is 6.01. The molecule has 0 heterocycles. The van der Waals surface area contributed by atoms with Crippen molar-refractivity contribution in [2.24, 2.45) is 0 Å². The third-order valence-corrected chi connectivity index (χ3v) is 2.96. The van der Waals surface area contributed by atoms with Gasteiger partial charge in [0.15, 0.2) is 0 Å². The summed E-state index contributed by atoms with van der Waals surface area (Å²) < 4.78 is 44.7. The Morgan fingerprint density at radius 3 is 2.50 bits per heavy atom. The van der Waals surface area contributed by atoms with Gasteiger partial charge in [-0.25, -0.2) is 4.79 Å². The molecule has 100 valence electrons. The van der Waals surface area contributed by atoms with Gasteiger partial charge in [-0.3, -0.25) is 0 Å². The molecule has 0 spiro atoms. The minimum Gasteiger partial charge on any atom is -0.465 e. The minimum absolute atomic E-state index is 0.00206. The summed E-state index contributed by atoms with van der Waals surface area (Å²) in [6.45, 7) is 0. The smallest absolute Gasteiger partial charge is 0.465 e. The molecule has 18 heavy (non-hydrogen) atoms. The molecule has 1 rings (SSSR count). The molecule has 0 N–H and O–H groups in total. The lowest BCUT2D eigenvalue weighted by Gasteiger charge is -2.14. The summed E-state index contributed by atoms with van der Waals surface area (Å²) >= 11 is 8.83. The first-order valence-electron chi connectivity index (χ1n) is 4.51. The third-order valence-electron chi connectivity index (χ3n) is 1.96. The predicted octanol–water partition coefficient (Wildman–Crippen LogP) is 3.92. The molecule has 3 nitrogen and oxygen atoms in total. The molecule has 0 radical (unpaired) electrons. The maximum absolute atomic E-state index is 12.1. The first-order chi connectivity index (χ1) is 8.30. The van der Waals surface area contributed by atoms with Crippen LogP contribution in [-0.4, -0.2) is 19.4 Å². The summed E-state index contributed by atoms with van der Waals surface area (Å²) in [5.74, 6) is -1.20. The Morgan fingerprint density at radius 1 is 1.44 bits per heavy atom. The number of esters is 1. The maximum Gasteiger partial charge on any atom is 0.573 e. The lowest BCUT2D eigenvalue weighted by Crippen LogP contribution is -2.18. The molecule has 0 saturated carbocycles. The Morgan fingerprint density at radius 2 is 2.06 bits per heavy atom. The number of rotatable bonds is 3. The first kappa shape index (κ1) is 15.1. The highest BCUT2D eigenvalue weighted by atomic mass is 79.9. The highest BCUT2D eigenvalue weighted by Gasteiger charge is 2.33. The van der Waals surface area contributed by atoms with Crippen LogP contribution in [0.4, 0.5) is 13.2 Å². The van der Waals surface area contributed by atoms with Crippen LogP contribution < -0.4 is 4.74 Å². The van der Waals surface area contributed by atoms with Crippen LogP contribution in [-0.2, 0) is 10.1 Å². The Labute approximate surface area is 114 Å². The second-order valence-electron chi connectivity index (χ2n) is 3.08. The fourth-order valence-electron chi connectivity index (χ4n) is 1.22. The van der Waals surface area contributed by atoms with E-state index in [4.69, 9.17) is 11.6 Å². The van der Waals surface area contributed by atoms with Crippen molar-refractivity contribution in [1.29, 1.82) is 0 Å². The van der Waals surface area contributed by atoms with Crippen molar-refractivity contribution in [2.45, 2.75) is 11.7 Å². The van der Waals surface area contributed by atoms with Gasteiger partial charge in [-0.05, 0) is 12.1 Å². The molecular formula is C10H7BrClF3O3. The lowest BCUT2D eigenvalue weighted by molar-refractivity contribution is -0.274. The third kappa shape index (κ3) is 3.52. The largest absolute Gasteiger partial charge is 0.573 e. The number of carbonyl (C=O) groups excluding carboxylic acids is 1. The van der Waals surface area contributed by atoms with E-state index in [0.717, 1.165) is 19.2 Å². The van der Waals surface area contributed by atoms with E-state index in [1.165, 1.54) is 0 Å². The molecule has 0 bridgehead atoms. The molecule has 0 amide bonds.